The van der Waals surface area contributed by atoms with Crippen LogP contribution in [0.5, 0.6) is 0 Å². The van der Waals surface area contributed by atoms with Crippen LogP contribution in [0.1, 0.15) is 13.8 Å². The van der Waals surface area contributed by atoms with E-state index in [9.17, 15) is 18.0 Å². The number of likely N-dealkylation sites (tertiary alicyclic amines) is 1. The minimum Gasteiger partial charge on any atom is -0.351 e. The lowest BCUT2D eigenvalue weighted by atomic mass is 10.1. The van der Waals surface area contributed by atoms with Crippen LogP contribution in [-0.2, 0) is 4.79 Å². The Bertz CT molecular complexity index is 234. The number of carbonyl (C=O) groups is 1. The molecule has 0 saturated carbocycles. The van der Waals surface area contributed by atoms with Gasteiger partial charge in [-0.3, -0.25) is 9.69 Å². The predicted molar refractivity (Wildman–Crippen MR) is 49.3 cm³/mol. The highest BCUT2D eigenvalue weighted by molar-refractivity contribution is 5.78. The lowest BCUT2D eigenvalue weighted by Crippen LogP contribution is -2.61. The average molecular weight is 224 g/mol. The maximum Gasteiger partial charge on any atom is 0.401 e. The van der Waals surface area contributed by atoms with Gasteiger partial charge in [-0.15, -0.1) is 0 Å². The second kappa shape index (κ2) is 4.38. The molecular weight excluding hydrogens is 209 g/mol. The second-order valence-corrected chi connectivity index (χ2v) is 4.17. The SMILES string of the molecule is CC(C)C(=O)NC1CN(CC(F)(F)F)C1. The molecule has 1 saturated heterocycles. The van der Waals surface area contributed by atoms with Gasteiger partial charge in [0, 0.05) is 19.0 Å². The summed E-state index contributed by atoms with van der Waals surface area (Å²) < 4.78 is 35.7. The van der Waals surface area contributed by atoms with Crippen molar-refractivity contribution in [3.05, 3.63) is 0 Å². The van der Waals surface area contributed by atoms with Crippen LogP contribution < -0.4 is 5.32 Å². The van der Waals surface area contributed by atoms with E-state index in [1.807, 2.05) is 0 Å². The largest absolute Gasteiger partial charge is 0.401 e. The van der Waals surface area contributed by atoms with Gasteiger partial charge in [-0.1, -0.05) is 13.8 Å². The third-order valence-electron chi connectivity index (χ3n) is 2.23. The molecule has 1 N–H and O–H groups in total. The topological polar surface area (TPSA) is 32.3 Å². The highest BCUT2D eigenvalue weighted by Gasteiger charge is 2.37. The molecule has 88 valence electrons. The Hall–Kier alpha value is -0.780. The number of amides is 1. The van der Waals surface area contributed by atoms with Crippen molar-refractivity contribution in [2.45, 2.75) is 26.1 Å². The summed E-state index contributed by atoms with van der Waals surface area (Å²) in [5, 5.41) is 2.68. The van der Waals surface area contributed by atoms with E-state index < -0.39 is 12.7 Å². The number of carbonyl (C=O) groups excluding carboxylic acids is 1. The van der Waals surface area contributed by atoms with Crippen LogP contribution in [0.3, 0.4) is 0 Å². The van der Waals surface area contributed by atoms with Gasteiger partial charge in [-0.05, 0) is 0 Å². The molecular formula is C9H15F3N2O. The van der Waals surface area contributed by atoms with Gasteiger partial charge in [-0.25, -0.2) is 0 Å². The van der Waals surface area contributed by atoms with Crippen molar-refractivity contribution in [3.8, 4) is 0 Å². The monoisotopic (exact) mass is 224 g/mol. The summed E-state index contributed by atoms with van der Waals surface area (Å²) in [4.78, 5) is 12.5. The molecule has 15 heavy (non-hydrogen) atoms. The number of nitrogens with zero attached hydrogens (tertiary/aromatic N) is 1. The zero-order valence-corrected chi connectivity index (χ0v) is 8.77. The first-order valence-corrected chi connectivity index (χ1v) is 4.87. The minimum absolute atomic E-state index is 0.105. The van der Waals surface area contributed by atoms with E-state index in [0.717, 1.165) is 0 Å². The molecule has 0 aromatic carbocycles. The van der Waals surface area contributed by atoms with Crippen molar-refractivity contribution >= 4 is 5.91 Å². The van der Waals surface area contributed by atoms with Gasteiger partial charge in [-0.2, -0.15) is 13.2 Å². The normalized spacial score (nSPS) is 19.1. The average Bonchev–Trinajstić information content (AvgIpc) is 1.97. The molecule has 1 rings (SSSR count). The fraction of sp³-hybridized carbons (Fsp3) is 0.889. The van der Waals surface area contributed by atoms with Gasteiger partial charge in [0.25, 0.3) is 0 Å². The standard InChI is InChI=1S/C9H15F3N2O/c1-6(2)8(15)13-7-3-14(4-7)5-9(10,11)12/h6-7H,3-5H2,1-2H3,(H,13,15). The fourth-order valence-electron chi connectivity index (χ4n) is 1.41. The van der Waals surface area contributed by atoms with Crippen molar-refractivity contribution in [1.29, 1.82) is 0 Å². The summed E-state index contributed by atoms with van der Waals surface area (Å²) >= 11 is 0. The van der Waals surface area contributed by atoms with E-state index in [4.69, 9.17) is 0 Å². The molecule has 0 aromatic rings. The Balaban J connectivity index is 2.18. The summed E-state index contributed by atoms with van der Waals surface area (Å²) in [6, 6.07) is -0.123. The summed E-state index contributed by atoms with van der Waals surface area (Å²) in [5.74, 6) is -0.228. The zero-order chi connectivity index (χ0) is 11.6. The lowest BCUT2D eigenvalue weighted by Gasteiger charge is -2.40. The molecule has 1 amide bonds. The Morgan fingerprint density at radius 2 is 2.00 bits per heavy atom. The highest BCUT2D eigenvalue weighted by atomic mass is 19.4. The van der Waals surface area contributed by atoms with Gasteiger partial charge in [0.2, 0.25) is 5.91 Å². The van der Waals surface area contributed by atoms with E-state index in [2.05, 4.69) is 5.32 Å². The molecule has 0 spiro atoms. The van der Waals surface area contributed by atoms with Crippen molar-refractivity contribution in [2.75, 3.05) is 19.6 Å². The summed E-state index contributed by atoms with van der Waals surface area (Å²) in [6.07, 6.45) is -4.15. The van der Waals surface area contributed by atoms with E-state index in [1.54, 1.807) is 13.8 Å². The molecule has 0 radical (unpaired) electrons. The summed E-state index contributed by atoms with van der Waals surface area (Å²) in [6.45, 7) is 3.19. The first-order valence-electron chi connectivity index (χ1n) is 4.87. The fourth-order valence-corrected chi connectivity index (χ4v) is 1.41. The van der Waals surface area contributed by atoms with E-state index >= 15 is 0 Å². The van der Waals surface area contributed by atoms with Crippen molar-refractivity contribution in [1.82, 2.24) is 10.2 Å². The Labute approximate surface area is 86.6 Å². The lowest BCUT2D eigenvalue weighted by molar-refractivity contribution is -0.156. The van der Waals surface area contributed by atoms with Crippen LogP contribution in [-0.4, -0.2) is 42.7 Å². The Morgan fingerprint density at radius 1 is 1.47 bits per heavy atom. The van der Waals surface area contributed by atoms with E-state index in [0.29, 0.717) is 0 Å². The van der Waals surface area contributed by atoms with Crippen LogP contribution >= 0.6 is 0 Å². The van der Waals surface area contributed by atoms with Gasteiger partial charge in [0.15, 0.2) is 0 Å². The minimum atomic E-state index is -4.15. The number of hydrogen-bond donors (Lipinski definition) is 1. The molecule has 1 heterocycles. The van der Waals surface area contributed by atoms with E-state index in [-0.39, 0.29) is 31.0 Å². The van der Waals surface area contributed by atoms with Crippen LogP contribution in [0.4, 0.5) is 13.2 Å². The molecule has 1 aliphatic rings. The van der Waals surface area contributed by atoms with Crippen molar-refractivity contribution < 1.29 is 18.0 Å². The number of halogens is 3. The van der Waals surface area contributed by atoms with Gasteiger partial charge in [0.05, 0.1) is 12.6 Å². The third kappa shape index (κ3) is 4.07. The molecule has 0 bridgehead atoms. The molecule has 3 nitrogen and oxygen atoms in total. The third-order valence-corrected chi connectivity index (χ3v) is 2.23. The molecule has 6 heteroatoms. The summed E-state index contributed by atoms with van der Waals surface area (Å²) in [7, 11) is 0. The van der Waals surface area contributed by atoms with Crippen LogP contribution in [0.15, 0.2) is 0 Å². The smallest absolute Gasteiger partial charge is 0.351 e. The zero-order valence-electron chi connectivity index (χ0n) is 8.77. The van der Waals surface area contributed by atoms with E-state index in [1.165, 1.54) is 4.90 Å². The predicted octanol–water partition coefficient (Wildman–Crippen LogP) is 1.01. The number of rotatable bonds is 3. The molecule has 0 aliphatic carbocycles. The first kappa shape index (κ1) is 12.3. The van der Waals surface area contributed by atoms with Crippen LogP contribution in [0.2, 0.25) is 0 Å². The molecule has 1 fully saturated rings. The number of hydrogen-bond acceptors (Lipinski definition) is 2. The highest BCUT2D eigenvalue weighted by Crippen LogP contribution is 2.20. The number of nitrogens with one attached hydrogen (secondary N) is 1. The maximum atomic E-state index is 11.9. The maximum absolute atomic E-state index is 11.9. The number of alkyl halides is 3. The molecule has 1 aliphatic heterocycles. The van der Waals surface area contributed by atoms with Gasteiger partial charge in [0.1, 0.15) is 0 Å². The Kier molecular flexibility index (Phi) is 3.59. The second-order valence-electron chi connectivity index (χ2n) is 4.17. The van der Waals surface area contributed by atoms with Crippen LogP contribution in [0, 0.1) is 5.92 Å². The quantitative estimate of drug-likeness (QED) is 0.775. The van der Waals surface area contributed by atoms with Gasteiger partial charge < -0.3 is 5.32 Å². The molecule has 0 atom stereocenters. The van der Waals surface area contributed by atoms with Crippen LogP contribution in [0.25, 0.3) is 0 Å². The first-order chi connectivity index (χ1) is 6.78. The van der Waals surface area contributed by atoms with Gasteiger partial charge >= 0.3 is 6.18 Å². The molecule has 0 aromatic heterocycles. The molecule has 0 unspecified atom stereocenters. The van der Waals surface area contributed by atoms with Crippen molar-refractivity contribution in [3.63, 3.8) is 0 Å². The Morgan fingerprint density at radius 3 is 2.40 bits per heavy atom. The van der Waals surface area contributed by atoms with Crippen molar-refractivity contribution in [2.24, 2.45) is 5.92 Å². The summed E-state index contributed by atoms with van der Waals surface area (Å²) in [5.41, 5.74) is 0.